The topological polar surface area (TPSA) is 95.5 Å². The van der Waals surface area contributed by atoms with Crippen LogP contribution in [0.3, 0.4) is 0 Å². The third kappa shape index (κ3) is 6.36. The smallest absolute Gasteiger partial charge is 0.330 e. The van der Waals surface area contributed by atoms with E-state index >= 15 is 0 Å². The van der Waals surface area contributed by atoms with Crippen LogP contribution in [0.5, 0.6) is 0 Å². The van der Waals surface area contributed by atoms with Crippen molar-refractivity contribution in [1.29, 1.82) is 0 Å². The van der Waals surface area contributed by atoms with E-state index in [-0.39, 0.29) is 35.4 Å². The summed E-state index contributed by atoms with van der Waals surface area (Å²) in [6.07, 6.45) is 0.250. The molecule has 0 saturated heterocycles. The van der Waals surface area contributed by atoms with Gasteiger partial charge in [0.05, 0.1) is 6.54 Å². The average Bonchev–Trinajstić information content (AvgIpc) is 2.43. The first kappa shape index (κ1) is 19.6. The highest BCUT2D eigenvalue weighted by molar-refractivity contribution is 5.88. The fraction of sp³-hybridized carbons (Fsp3) is 0.471. The standard InChI is InChI=1S/C17H23FN2O4/c1-10-7-11(5-6-12(10)18)15(16(23)24)20-14(22)9-19-13(21)8-17(2,3)4/h5-7,15H,8-9H2,1-4H3,(H,19,21)(H,20,22)(H,23,24). The van der Waals surface area contributed by atoms with E-state index in [1.54, 1.807) is 0 Å². The van der Waals surface area contributed by atoms with Crippen molar-refractivity contribution in [2.75, 3.05) is 6.54 Å². The molecule has 2 amide bonds. The van der Waals surface area contributed by atoms with Crippen LogP contribution in [0.15, 0.2) is 18.2 Å². The quantitative estimate of drug-likeness (QED) is 0.738. The minimum Gasteiger partial charge on any atom is -0.479 e. The van der Waals surface area contributed by atoms with Gasteiger partial charge in [-0.1, -0.05) is 32.9 Å². The molecule has 1 atom stereocenters. The van der Waals surface area contributed by atoms with Gasteiger partial charge in [0.2, 0.25) is 11.8 Å². The summed E-state index contributed by atoms with van der Waals surface area (Å²) in [4.78, 5) is 34.9. The SMILES string of the molecule is Cc1cc(C(NC(=O)CNC(=O)CC(C)(C)C)C(=O)O)ccc1F. The Morgan fingerprint density at radius 2 is 1.83 bits per heavy atom. The second-order valence-electron chi connectivity index (χ2n) is 6.86. The van der Waals surface area contributed by atoms with Gasteiger partial charge in [-0.2, -0.15) is 0 Å². The van der Waals surface area contributed by atoms with E-state index in [4.69, 9.17) is 0 Å². The number of aliphatic carboxylic acids is 1. The number of carbonyl (C=O) groups excluding carboxylic acids is 2. The summed E-state index contributed by atoms with van der Waals surface area (Å²) in [6.45, 7) is 6.86. The van der Waals surface area contributed by atoms with E-state index in [0.717, 1.165) is 6.07 Å². The zero-order valence-corrected chi connectivity index (χ0v) is 14.3. The van der Waals surface area contributed by atoms with Crippen LogP contribution < -0.4 is 10.6 Å². The van der Waals surface area contributed by atoms with Crippen molar-refractivity contribution in [3.05, 3.63) is 35.1 Å². The zero-order valence-electron chi connectivity index (χ0n) is 14.3. The Hall–Kier alpha value is -2.44. The molecule has 1 unspecified atom stereocenters. The van der Waals surface area contributed by atoms with E-state index < -0.39 is 23.7 Å². The largest absolute Gasteiger partial charge is 0.479 e. The fourth-order valence-corrected chi connectivity index (χ4v) is 2.07. The second-order valence-corrected chi connectivity index (χ2v) is 6.86. The molecule has 0 spiro atoms. The molecule has 0 saturated carbocycles. The number of nitrogens with one attached hydrogen (secondary N) is 2. The summed E-state index contributed by atoms with van der Waals surface area (Å²) in [5.74, 6) is -2.65. The number of carbonyl (C=O) groups is 3. The number of rotatable bonds is 6. The molecule has 24 heavy (non-hydrogen) atoms. The number of aryl methyl sites for hydroxylation is 1. The molecule has 0 heterocycles. The number of halogens is 1. The van der Waals surface area contributed by atoms with Gasteiger partial charge in [-0.25, -0.2) is 9.18 Å². The summed E-state index contributed by atoms with van der Waals surface area (Å²) >= 11 is 0. The molecule has 0 fully saturated rings. The normalized spacial score (nSPS) is 12.4. The Labute approximate surface area is 140 Å². The van der Waals surface area contributed by atoms with Crippen molar-refractivity contribution in [3.8, 4) is 0 Å². The summed E-state index contributed by atoms with van der Waals surface area (Å²) in [6, 6.07) is 2.51. The Morgan fingerprint density at radius 3 is 2.33 bits per heavy atom. The van der Waals surface area contributed by atoms with Gasteiger partial charge in [-0.3, -0.25) is 9.59 Å². The van der Waals surface area contributed by atoms with Crippen molar-refractivity contribution >= 4 is 17.8 Å². The number of benzene rings is 1. The number of hydrogen-bond donors (Lipinski definition) is 3. The molecular weight excluding hydrogens is 315 g/mol. The van der Waals surface area contributed by atoms with E-state index in [1.165, 1.54) is 19.1 Å². The van der Waals surface area contributed by atoms with E-state index in [0.29, 0.717) is 0 Å². The van der Waals surface area contributed by atoms with Gasteiger partial charge in [0.25, 0.3) is 0 Å². The molecule has 1 aromatic rings. The summed E-state index contributed by atoms with van der Waals surface area (Å²) < 4.78 is 13.3. The van der Waals surface area contributed by atoms with Gasteiger partial charge in [-0.15, -0.1) is 0 Å². The highest BCUT2D eigenvalue weighted by Gasteiger charge is 2.23. The first-order chi connectivity index (χ1) is 11.0. The molecule has 0 aliphatic heterocycles. The van der Waals surface area contributed by atoms with Gasteiger partial charge in [0.15, 0.2) is 6.04 Å². The van der Waals surface area contributed by atoms with Crippen LogP contribution in [0.1, 0.15) is 44.4 Å². The lowest BCUT2D eigenvalue weighted by molar-refractivity contribution is -0.142. The second kappa shape index (κ2) is 7.90. The summed E-state index contributed by atoms with van der Waals surface area (Å²) in [5, 5.41) is 14.0. The predicted molar refractivity (Wildman–Crippen MR) is 86.7 cm³/mol. The van der Waals surface area contributed by atoms with Crippen molar-refractivity contribution < 1.29 is 23.9 Å². The van der Waals surface area contributed by atoms with Gasteiger partial charge in [0.1, 0.15) is 5.82 Å². The number of hydrogen-bond acceptors (Lipinski definition) is 3. The number of amides is 2. The van der Waals surface area contributed by atoms with Crippen molar-refractivity contribution in [2.24, 2.45) is 5.41 Å². The Balaban J connectivity index is 2.69. The zero-order chi connectivity index (χ0) is 18.5. The maximum atomic E-state index is 13.3. The van der Waals surface area contributed by atoms with Crippen LogP contribution in [-0.4, -0.2) is 29.4 Å². The Bertz CT molecular complexity index is 638. The van der Waals surface area contributed by atoms with Crippen LogP contribution in [0.25, 0.3) is 0 Å². The highest BCUT2D eigenvalue weighted by atomic mass is 19.1. The van der Waals surface area contributed by atoms with Gasteiger partial charge in [-0.05, 0) is 29.5 Å². The van der Waals surface area contributed by atoms with E-state index in [2.05, 4.69) is 10.6 Å². The minimum absolute atomic E-state index is 0.213. The molecule has 132 valence electrons. The molecule has 0 bridgehead atoms. The lowest BCUT2D eigenvalue weighted by Gasteiger charge is -2.18. The number of carboxylic acids is 1. The van der Waals surface area contributed by atoms with Crippen LogP contribution in [-0.2, 0) is 14.4 Å². The molecular formula is C17H23FN2O4. The lowest BCUT2D eigenvalue weighted by atomic mass is 9.92. The van der Waals surface area contributed by atoms with Crippen LogP contribution >= 0.6 is 0 Å². The predicted octanol–water partition coefficient (Wildman–Crippen LogP) is 1.93. The lowest BCUT2D eigenvalue weighted by Crippen LogP contribution is -2.41. The first-order valence-corrected chi connectivity index (χ1v) is 7.54. The van der Waals surface area contributed by atoms with Crippen LogP contribution in [0.4, 0.5) is 4.39 Å². The first-order valence-electron chi connectivity index (χ1n) is 7.54. The van der Waals surface area contributed by atoms with Crippen LogP contribution in [0, 0.1) is 18.2 Å². The molecule has 1 aromatic carbocycles. The summed E-state index contributed by atoms with van der Waals surface area (Å²) in [5.41, 5.74) is 0.331. The third-order valence-corrected chi connectivity index (χ3v) is 3.20. The Morgan fingerprint density at radius 1 is 1.21 bits per heavy atom. The average molecular weight is 338 g/mol. The van der Waals surface area contributed by atoms with Crippen molar-refractivity contribution in [3.63, 3.8) is 0 Å². The Kier molecular flexibility index (Phi) is 6.45. The van der Waals surface area contributed by atoms with Crippen molar-refractivity contribution in [1.82, 2.24) is 10.6 Å². The number of carboxylic acid groups (broad SMARTS) is 1. The van der Waals surface area contributed by atoms with Gasteiger partial charge >= 0.3 is 5.97 Å². The molecule has 3 N–H and O–H groups in total. The minimum atomic E-state index is -1.31. The molecule has 0 aromatic heterocycles. The molecule has 7 heteroatoms. The van der Waals surface area contributed by atoms with E-state index in [1.807, 2.05) is 20.8 Å². The fourth-order valence-electron chi connectivity index (χ4n) is 2.07. The molecule has 0 aliphatic carbocycles. The maximum absolute atomic E-state index is 13.3. The van der Waals surface area contributed by atoms with Gasteiger partial charge in [0, 0.05) is 6.42 Å². The molecule has 6 nitrogen and oxygen atoms in total. The summed E-state index contributed by atoms with van der Waals surface area (Å²) in [7, 11) is 0. The van der Waals surface area contributed by atoms with Gasteiger partial charge < -0.3 is 15.7 Å². The molecule has 0 aliphatic rings. The van der Waals surface area contributed by atoms with E-state index in [9.17, 15) is 23.9 Å². The maximum Gasteiger partial charge on any atom is 0.330 e. The molecule has 1 rings (SSSR count). The van der Waals surface area contributed by atoms with Crippen molar-refractivity contribution in [2.45, 2.75) is 40.2 Å². The molecule has 0 radical (unpaired) electrons. The monoisotopic (exact) mass is 338 g/mol. The third-order valence-electron chi connectivity index (χ3n) is 3.20. The highest BCUT2D eigenvalue weighted by Crippen LogP contribution is 2.18. The van der Waals surface area contributed by atoms with Crippen LogP contribution in [0.2, 0.25) is 0 Å².